The van der Waals surface area contributed by atoms with Crippen LogP contribution in [-0.4, -0.2) is 67.0 Å². The van der Waals surface area contributed by atoms with Gasteiger partial charge in [0.15, 0.2) is 0 Å². The Balaban J connectivity index is 1.84. The smallest absolute Gasteiger partial charge is 0.319 e. The number of piperidine rings is 2. The van der Waals surface area contributed by atoms with Crippen LogP contribution in [-0.2, 0) is 0 Å². The topological polar surface area (TPSA) is 26.8 Å². The molecule has 2 fully saturated rings. The molecule has 0 aromatic heterocycles. The van der Waals surface area contributed by atoms with E-state index in [0.717, 1.165) is 57.8 Å². The molecule has 0 bridgehead atoms. The maximum Gasteiger partial charge on any atom is 0.319 e. The number of likely N-dealkylation sites (tertiary alicyclic amines) is 2. The zero-order chi connectivity index (χ0) is 13.1. The molecule has 18 heavy (non-hydrogen) atoms. The normalized spacial score (nSPS) is 24.3. The summed E-state index contributed by atoms with van der Waals surface area (Å²) >= 11 is 0. The number of urea groups is 1. The van der Waals surface area contributed by atoms with Crippen LogP contribution in [0.4, 0.5) is 4.79 Å². The summed E-state index contributed by atoms with van der Waals surface area (Å²) in [7, 11) is 4.14. The average Bonchev–Trinajstić information content (AvgIpc) is 2.39. The highest BCUT2D eigenvalue weighted by Gasteiger charge is 2.28. The van der Waals surface area contributed by atoms with E-state index in [9.17, 15) is 4.79 Å². The van der Waals surface area contributed by atoms with Gasteiger partial charge in [-0.25, -0.2) is 4.79 Å². The first kappa shape index (κ1) is 13.7. The number of carbonyl (C=O) groups is 1. The predicted molar refractivity (Wildman–Crippen MR) is 73.6 cm³/mol. The van der Waals surface area contributed by atoms with Gasteiger partial charge in [0, 0.05) is 26.2 Å². The second-order valence-electron chi connectivity index (χ2n) is 6.10. The van der Waals surface area contributed by atoms with Gasteiger partial charge in [0.2, 0.25) is 0 Å². The van der Waals surface area contributed by atoms with Crippen LogP contribution in [0, 0.1) is 5.92 Å². The third-order valence-electron chi connectivity index (χ3n) is 4.59. The third kappa shape index (κ3) is 3.16. The van der Waals surface area contributed by atoms with Crippen molar-refractivity contribution in [3.63, 3.8) is 0 Å². The van der Waals surface area contributed by atoms with E-state index in [1.54, 1.807) is 0 Å². The van der Waals surface area contributed by atoms with Crippen molar-refractivity contribution >= 4 is 6.03 Å². The minimum atomic E-state index is 0.247. The predicted octanol–water partition coefficient (Wildman–Crippen LogP) is 1.86. The van der Waals surface area contributed by atoms with E-state index in [1.807, 2.05) is 16.8 Å². The van der Waals surface area contributed by atoms with Crippen LogP contribution < -0.4 is 0 Å². The Morgan fingerprint density at radius 2 is 1.61 bits per heavy atom. The number of hydrogen-bond acceptors (Lipinski definition) is 2. The molecule has 0 aromatic carbocycles. The average molecular weight is 253 g/mol. The lowest BCUT2D eigenvalue weighted by molar-refractivity contribution is 0.108. The van der Waals surface area contributed by atoms with E-state index in [1.165, 1.54) is 0 Å². The van der Waals surface area contributed by atoms with Crippen molar-refractivity contribution in [1.82, 2.24) is 14.7 Å². The van der Waals surface area contributed by atoms with Gasteiger partial charge in [0.05, 0.1) is 0 Å². The summed E-state index contributed by atoms with van der Waals surface area (Å²) in [6.07, 6.45) is 4.55. The van der Waals surface area contributed by atoms with Crippen LogP contribution in [0.2, 0.25) is 0 Å². The lowest BCUT2D eigenvalue weighted by atomic mass is 9.99. The summed E-state index contributed by atoms with van der Waals surface area (Å²) in [5.41, 5.74) is 0. The molecule has 0 unspecified atom stereocenters. The van der Waals surface area contributed by atoms with Gasteiger partial charge in [-0.2, -0.15) is 0 Å². The molecule has 0 radical (unpaired) electrons. The van der Waals surface area contributed by atoms with Crippen molar-refractivity contribution in [3.8, 4) is 0 Å². The lowest BCUT2D eigenvalue weighted by Gasteiger charge is -2.39. The number of hydrogen-bond donors (Lipinski definition) is 0. The van der Waals surface area contributed by atoms with Crippen LogP contribution >= 0.6 is 0 Å². The maximum atomic E-state index is 12.4. The van der Waals surface area contributed by atoms with E-state index in [4.69, 9.17) is 0 Å². The number of rotatable bonds is 1. The molecule has 0 N–H and O–H groups in total. The Hall–Kier alpha value is -0.770. The molecular weight excluding hydrogens is 226 g/mol. The van der Waals surface area contributed by atoms with Crippen molar-refractivity contribution in [2.24, 2.45) is 5.92 Å². The highest BCUT2D eigenvalue weighted by Crippen LogP contribution is 2.20. The molecule has 2 heterocycles. The zero-order valence-corrected chi connectivity index (χ0v) is 12.1. The largest absolute Gasteiger partial charge is 0.325 e. The molecule has 0 aliphatic carbocycles. The Morgan fingerprint density at radius 1 is 1.06 bits per heavy atom. The first-order valence-corrected chi connectivity index (χ1v) is 7.28. The maximum absolute atomic E-state index is 12.4. The monoisotopic (exact) mass is 253 g/mol. The second kappa shape index (κ2) is 5.91. The summed E-state index contributed by atoms with van der Waals surface area (Å²) in [5.74, 6) is 0.780. The summed E-state index contributed by atoms with van der Waals surface area (Å²) in [6.45, 7) is 6.38. The molecule has 4 nitrogen and oxygen atoms in total. The standard InChI is InChI=1S/C14H27N3O/c1-12-4-10-17(11-5-12)14(18)16(3)13-6-8-15(2)9-7-13/h12-13H,4-11H2,1-3H3. The molecule has 2 saturated heterocycles. The van der Waals surface area contributed by atoms with Gasteiger partial charge in [0.25, 0.3) is 0 Å². The minimum absolute atomic E-state index is 0.247. The highest BCUT2D eigenvalue weighted by atomic mass is 16.2. The van der Waals surface area contributed by atoms with E-state index in [-0.39, 0.29) is 6.03 Å². The number of amides is 2. The van der Waals surface area contributed by atoms with Crippen LogP contribution in [0.25, 0.3) is 0 Å². The number of nitrogens with zero attached hydrogens (tertiary/aromatic N) is 3. The summed E-state index contributed by atoms with van der Waals surface area (Å²) in [4.78, 5) is 18.8. The van der Waals surface area contributed by atoms with Crippen LogP contribution in [0.1, 0.15) is 32.6 Å². The van der Waals surface area contributed by atoms with Crippen molar-refractivity contribution in [2.75, 3.05) is 40.3 Å². The summed E-state index contributed by atoms with van der Waals surface area (Å²) < 4.78 is 0. The Kier molecular flexibility index (Phi) is 4.49. The summed E-state index contributed by atoms with van der Waals surface area (Å²) in [5, 5.41) is 0. The fraction of sp³-hybridized carbons (Fsp3) is 0.929. The van der Waals surface area contributed by atoms with E-state index in [0.29, 0.717) is 6.04 Å². The molecule has 104 valence electrons. The molecule has 0 spiro atoms. The van der Waals surface area contributed by atoms with E-state index >= 15 is 0 Å². The van der Waals surface area contributed by atoms with Gasteiger partial charge in [-0.15, -0.1) is 0 Å². The van der Waals surface area contributed by atoms with Crippen LogP contribution in [0.5, 0.6) is 0 Å². The van der Waals surface area contributed by atoms with Crippen molar-refractivity contribution in [3.05, 3.63) is 0 Å². The van der Waals surface area contributed by atoms with Crippen LogP contribution in [0.3, 0.4) is 0 Å². The van der Waals surface area contributed by atoms with Gasteiger partial charge < -0.3 is 14.7 Å². The molecular formula is C14H27N3O. The molecule has 2 amide bonds. The van der Waals surface area contributed by atoms with Crippen molar-refractivity contribution in [1.29, 1.82) is 0 Å². The highest BCUT2D eigenvalue weighted by molar-refractivity contribution is 5.74. The zero-order valence-electron chi connectivity index (χ0n) is 12.1. The Morgan fingerprint density at radius 3 is 2.17 bits per heavy atom. The second-order valence-corrected chi connectivity index (χ2v) is 6.10. The lowest BCUT2D eigenvalue weighted by Crippen LogP contribution is -2.51. The fourth-order valence-electron chi connectivity index (χ4n) is 2.96. The molecule has 0 saturated carbocycles. The molecule has 4 heteroatoms. The SMILES string of the molecule is CC1CCN(C(=O)N(C)C2CCN(C)CC2)CC1. The fourth-order valence-corrected chi connectivity index (χ4v) is 2.96. The quantitative estimate of drug-likeness (QED) is 0.713. The molecule has 2 aliphatic heterocycles. The molecule has 2 aliphatic rings. The molecule has 0 aromatic rings. The summed E-state index contributed by atoms with van der Waals surface area (Å²) in [6, 6.07) is 0.685. The molecule has 0 atom stereocenters. The van der Waals surface area contributed by atoms with Gasteiger partial charge in [-0.3, -0.25) is 0 Å². The van der Waals surface area contributed by atoms with E-state index in [2.05, 4.69) is 18.9 Å². The van der Waals surface area contributed by atoms with Crippen molar-refractivity contribution in [2.45, 2.75) is 38.6 Å². The van der Waals surface area contributed by atoms with Gasteiger partial charge in [-0.05, 0) is 51.7 Å². The molecule has 2 rings (SSSR count). The minimum Gasteiger partial charge on any atom is -0.325 e. The van der Waals surface area contributed by atoms with Gasteiger partial charge in [0.1, 0.15) is 0 Å². The third-order valence-corrected chi connectivity index (χ3v) is 4.59. The Labute approximate surface area is 111 Å². The van der Waals surface area contributed by atoms with Crippen molar-refractivity contribution < 1.29 is 4.79 Å². The van der Waals surface area contributed by atoms with Gasteiger partial charge in [-0.1, -0.05) is 6.92 Å². The number of carbonyl (C=O) groups excluding carboxylic acids is 1. The van der Waals surface area contributed by atoms with Crippen LogP contribution in [0.15, 0.2) is 0 Å². The Bertz CT molecular complexity index is 279. The first-order valence-electron chi connectivity index (χ1n) is 7.28. The van der Waals surface area contributed by atoms with Gasteiger partial charge >= 0.3 is 6.03 Å². The van der Waals surface area contributed by atoms with E-state index < -0.39 is 0 Å². The first-order chi connectivity index (χ1) is 8.58.